The van der Waals surface area contributed by atoms with E-state index >= 15 is 0 Å². The molecule has 1 saturated heterocycles. The topological polar surface area (TPSA) is 59.1 Å². The molecule has 0 aliphatic carbocycles. The van der Waals surface area contributed by atoms with Crippen molar-refractivity contribution in [2.75, 3.05) is 45.3 Å². The highest BCUT2D eigenvalue weighted by Crippen LogP contribution is 2.48. The summed E-state index contributed by atoms with van der Waals surface area (Å²) >= 11 is 0. The molecule has 3 aliphatic heterocycles. The first-order chi connectivity index (χ1) is 18.4. The largest absolute Gasteiger partial charge is 0.492 e. The van der Waals surface area contributed by atoms with E-state index in [0.29, 0.717) is 11.1 Å². The van der Waals surface area contributed by atoms with Crippen LogP contribution in [0.25, 0.3) is 11.1 Å². The number of aryl methyl sites for hydroxylation is 2. The second kappa shape index (κ2) is 9.59. The van der Waals surface area contributed by atoms with E-state index in [2.05, 4.69) is 24.1 Å². The summed E-state index contributed by atoms with van der Waals surface area (Å²) < 4.78 is 11.1. The molecule has 0 unspecified atom stereocenters. The molecular weight excluding hydrogens is 476 g/mol. The number of benzene rings is 3. The van der Waals surface area contributed by atoms with Gasteiger partial charge in [0.15, 0.2) is 0 Å². The number of carbonyl (C=O) groups is 2. The third kappa shape index (κ3) is 4.17. The molecule has 6 rings (SSSR count). The molecule has 1 amide bonds. The molecule has 38 heavy (non-hydrogen) atoms. The standard InChI is InChI=1S/C32H34N2O4/c1-21-17-25(31(36)37-3)10-11-26(21)22-6-8-23(9-7-22)30(35)34-14-4-5-24-18-29-27(19-28(24)34)32(20-38-29)12-15-33(2)16-13-32/h6-11,17-19H,4-5,12-16,20H2,1-3H3. The van der Waals surface area contributed by atoms with Gasteiger partial charge in [-0.1, -0.05) is 18.2 Å². The summed E-state index contributed by atoms with van der Waals surface area (Å²) in [5, 5.41) is 0. The Morgan fingerprint density at radius 1 is 0.947 bits per heavy atom. The molecule has 3 aromatic carbocycles. The summed E-state index contributed by atoms with van der Waals surface area (Å²) in [5.41, 5.74) is 7.81. The number of carbonyl (C=O) groups excluding carboxylic acids is 2. The van der Waals surface area contributed by atoms with Gasteiger partial charge in [-0.2, -0.15) is 0 Å². The maximum atomic E-state index is 13.8. The Hall–Kier alpha value is -3.64. The molecular formula is C32H34N2O4. The molecule has 0 radical (unpaired) electrons. The average molecular weight is 511 g/mol. The normalized spacial score (nSPS) is 18.0. The fourth-order valence-electron chi connectivity index (χ4n) is 6.29. The van der Waals surface area contributed by atoms with E-state index in [1.807, 2.05) is 48.2 Å². The molecule has 0 aromatic heterocycles. The number of fused-ring (bicyclic) bond motifs is 3. The van der Waals surface area contributed by atoms with Gasteiger partial charge in [0.2, 0.25) is 0 Å². The lowest BCUT2D eigenvalue weighted by molar-refractivity contribution is 0.0600. The van der Waals surface area contributed by atoms with Crippen LogP contribution in [0.15, 0.2) is 54.6 Å². The van der Waals surface area contributed by atoms with E-state index in [1.54, 1.807) is 6.07 Å². The number of hydrogen-bond donors (Lipinski definition) is 0. The number of esters is 1. The number of hydrogen-bond acceptors (Lipinski definition) is 5. The number of ether oxygens (including phenoxy) is 2. The van der Waals surface area contributed by atoms with Crippen molar-refractivity contribution in [2.24, 2.45) is 0 Å². The Bertz CT molecular complexity index is 1400. The third-order valence-corrected chi connectivity index (χ3v) is 8.65. The van der Waals surface area contributed by atoms with Crippen LogP contribution in [0, 0.1) is 6.92 Å². The zero-order chi connectivity index (χ0) is 26.4. The lowest BCUT2D eigenvalue weighted by Gasteiger charge is -2.37. The van der Waals surface area contributed by atoms with Crippen molar-refractivity contribution in [3.8, 4) is 16.9 Å². The predicted octanol–water partition coefficient (Wildman–Crippen LogP) is 5.40. The van der Waals surface area contributed by atoms with E-state index in [9.17, 15) is 9.59 Å². The Balaban J connectivity index is 1.27. The first-order valence-electron chi connectivity index (χ1n) is 13.5. The first kappa shape index (κ1) is 24.7. The quantitative estimate of drug-likeness (QED) is 0.442. The number of anilines is 1. The van der Waals surface area contributed by atoms with Gasteiger partial charge in [0.25, 0.3) is 5.91 Å². The fourth-order valence-corrected chi connectivity index (χ4v) is 6.29. The van der Waals surface area contributed by atoms with Gasteiger partial charge in [0.1, 0.15) is 5.75 Å². The fraction of sp³-hybridized carbons (Fsp3) is 0.375. The van der Waals surface area contributed by atoms with Gasteiger partial charge in [0, 0.05) is 28.8 Å². The van der Waals surface area contributed by atoms with E-state index in [1.165, 1.54) is 18.2 Å². The van der Waals surface area contributed by atoms with Crippen LogP contribution in [0.5, 0.6) is 5.75 Å². The Kier molecular flexibility index (Phi) is 6.23. The number of likely N-dealkylation sites (tertiary alicyclic amines) is 1. The minimum Gasteiger partial charge on any atom is -0.492 e. The summed E-state index contributed by atoms with van der Waals surface area (Å²) in [6, 6.07) is 17.8. The molecule has 196 valence electrons. The van der Waals surface area contributed by atoms with Gasteiger partial charge >= 0.3 is 5.97 Å². The molecule has 3 aliphatic rings. The Labute approximate surface area is 224 Å². The molecule has 6 nitrogen and oxygen atoms in total. The van der Waals surface area contributed by atoms with Crippen LogP contribution in [0.4, 0.5) is 5.69 Å². The molecule has 3 aromatic rings. The maximum absolute atomic E-state index is 13.8. The number of piperidine rings is 1. The predicted molar refractivity (Wildman–Crippen MR) is 148 cm³/mol. The summed E-state index contributed by atoms with van der Waals surface area (Å²) in [7, 11) is 3.57. The SMILES string of the molecule is COC(=O)c1ccc(-c2ccc(C(=O)N3CCCc4cc5c(cc43)C3(CCN(C)CC3)CO5)cc2)c(C)c1. The van der Waals surface area contributed by atoms with Crippen LogP contribution in [-0.4, -0.2) is 57.2 Å². The maximum Gasteiger partial charge on any atom is 0.337 e. The number of amides is 1. The number of rotatable bonds is 3. The minimum absolute atomic E-state index is 0.0338. The minimum atomic E-state index is -0.346. The summed E-state index contributed by atoms with van der Waals surface area (Å²) in [4.78, 5) is 30.0. The molecule has 0 N–H and O–H groups in total. The van der Waals surface area contributed by atoms with E-state index in [-0.39, 0.29) is 17.3 Å². The second-order valence-electron chi connectivity index (χ2n) is 11.0. The monoisotopic (exact) mass is 510 g/mol. The van der Waals surface area contributed by atoms with Crippen molar-refractivity contribution < 1.29 is 19.1 Å². The highest BCUT2D eigenvalue weighted by molar-refractivity contribution is 6.07. The zero-order valence-electron chi connectivity index (χ0n) is 22.4. The molecule has 3 heterocycles. The molecule has 6 heteroatoms. The highest BCUT2D eigenvalue weighted by Gasteiger charge is 2.43. The smallest absolute Gasteiger partial charge is 0.337 e. The average Bonchev–Trinajstić information content (AvgIpc) is 3.29. The molecule has 1 spiro atoms. The van der Waals surface area contributed by atoms with Gasteiger partial charge in [-0.15, -0.1) is 0 Å². The summed E-state index contributed by atoms with van der Waals surface area (Å²) in [6.07, 6.45) is 4.08. The summed E-state index contributed by atoms with van der Waals surface area (Å²) in [5.74, 6) is 0.702. The van der Waals surface area contributed by atoms with Crippen LogP contribution in [0.1, 0.15) is 56.7 Å². The van der Waals surface area contributed by atoms with Crippen LogP contribution in [0.3, 0.4) is 0 Å². The molecule has 0 saturated carbocycles. The lowest BCUT2D eigenvalue weighted by Crippen LogP contribution is -2.42. The van der Waals surface area contributed by atoms with Crippen LogP contribution >= 0.6 is 0 Å². The highest BCUT2D eigenvalue weighted by atomic mass is 16.5. The van der Waals surface area contributed by atoms with E-state index in [0.717, 1.165) is 80.1 Å². The van der Waals surface area contributed by atoms with Crippen molar-refractivity contribution in [1.82, 2.24) is 4.90 Å². The Morgan fingerprint density at radius 3 is 2.39 bits per heavy atom. The molecule has 1 fully saturated rings. The van der Waals surface area contributed by atoms with Crippen LogP contribution in [-0.2, 0) is 16.6 Å². The lowest BCUT2D eigenvalue weighted by atomic mass is 9.74. The van der Waals surface area contributed by atoms with Gasteiger partial charge in [-0.05, 0) is 111 Å². The van der Waals surface area contributed by atoms with Crippen LogP contribution in [0.2, 0.25) is 0 Å². The van der Waals surface area contributed by atoms with Gasteiger partial charge in [-0.25, -0.2) is 4.79 Å². The number of methoxy groups -OCH3 is 1. The van der Waals surface area contributed by atoms with Crippen molar-refractivity contribution in [1.29, 1.82) is 0 Å². The summed E-state index contributed by atoms with van der Waals surface area (Å²) in [6.45, 7) is 5.58. The zero-order valence-corrected chi connectivity index (χ0v) is 22.4. The molecule has 0 bridgehead atoms. The van der Waals surface area contributed by atoms with Gasteiger partial charge in [0.05, 0.1) is 19.3 Å². The third-order valence-electron chi connectivity index (χ3n) is 8.65. The van der Waals surface area contributed by atoms with E-state index < -0.39 is 0 Å². The van der Waals surface area contributed by atoms with Crippen molar-refractivity contribution in [3.05, 3.63) is 82.4 Å². The van der Waals surface area contributed by atoms with Crippen molar-refractivity contribution >= 4 is 17.6 Å². The van der Waals surface area contributed by atoms with Gasteiger partial charge < -0.3 is 19.3 Å². The van der Waals surface area contributed by atoms with Crippen molar-refractivity contribution in [2.45, 2.75) is 38.0 Å². The van der Waals surface area contributed by atoms with Crippen molar-refractivity contribution in [3.63, 3.8) is 0 Å². The van der Waals surface area contributed by atoms with Gasteiger partial charge in [-0.3, -0.25) is 4.79 Å². The molecule has 0 atom stereocenters. The first-order valence-corrected chi connectivity index (χ1v) is 13.5. The number of nitrogens with zero attached hydrogens (tertiary/aromatic N) is 2. The van der Waals surface area contributed by atoms with Crippen LogP contribution < -0.4 is 9.64 Å². The Morgan fingerprint density at radius 2 is 1.68 bits per heavy atom. The van der Waals surface area contributed by atoms with E-state index in [4.69, 9.17) is 9.47 Å². The second-order valence-corrected chi connectivity index (χ2v) is 11.0.